The van der Waals surface area contributed by atoms with Gasteiger partial charge in [0.2, 0.25) is 10.0 Å². The van der Waals surface area contributed by atoms with Crippen molar-refractivity contribution < 1.29 is 22.0 Å². The number of pyridine rings is 2. The van der Waals surface area contributed by atoms with E-state index in [1.165, 1.54) is 0 Å². The van der Waals surface area contributed by atoms with E-state index in [9.17, 15) is 22.0 Å². The highest BCUT2D eigenvalue weighted by atomic mass is 32.2. The number of sulfonamides is 1. The molecule has 0 unspecified atom stereocenters. The number of halogens is 2. The molecule has 12 heteroatoms. The Morgan fingerprint density at radius 1 is 1.18 bits per heavy atom. The summed E-state index contributed by atoms with van der Waals surface area (Å²) in [4.78, 5) is 23.6. The zero-order valence-electron chi connectivity index (χ0n) is 21.7. The molecule has 4 heterocycles. The zero-order chi connectivity index (χ0) is 27.2. The summed E-state index contributed by atoms with van der Waals surface area (Å²) in [5.74, 6) is -3.06. The maximum absolute atomic E-state index is 13.7. The van der Waals surface area contributed by atoms with Crippen molar-refractivity contribution >= 4 is 32.8 Å². The molecule has 204 valence electrons. The van der Waals surface area contributed by atoms with Crippen molar-refractivity contribution in [2.24, 2.45) is 0 Å². The summed E-state index contributed by atoms with van der Waals surface area (Å²) >= 11 is 0. The van der Waals surface area contributed by atoms with Gasteiger partial charge in [0.05, 0.1) is 29.9 Å². The molecule has 38 heavy (non-hydrogen) atoms. The number of rotatable bonds is 6. The van der Waals surface area contributed by atoms with Crippen LogP contribution in [-0.4, -0.2) is 59.3 Å². The molecule has 1 amide bonds. The van der Waals surface area contributed by atoms with Crippen molar-refractivity contribution in [3.63, 3.8) is 0 Å². The van der Waals surface area contributed by atoms with Crippen LogP contribution in [0, 0.1) is 0 Å². The minimum atomic E-state index is -3.81. The van der Waals surface area contributed by atoms with Gasteiger partial charge in [0.25, 0.3) is 11.8 Å². The second-order valence-corrected chi connectivity index (χ2v) is 12.4. The molecule has 0 atom stereocenters. The van der Waals surface area contributed by atoms with Crippen molar-refractivity contribution in [1.29, 1.82) is 0 Å². The van der Waals surface area contributed by atoms with Crippen LogP contribution in [0.1, 0.15) is 80.5 Å². The van der Waals surface area contributed by atoms with Gasteiger partial charge in [-0.3, -0.25) is 4.79 Å². The zero-order valence-corrected chi connectivity index (χ0v) is 22.6. The molecule has 3 aromatic rings. The topological polar surface area (TPSA) is 110 Å². The van der Waals surface area contributed by atoms with Crippen LogP contribution in [0.3, 0.4) is 0 Å². The van der Waals surface area contributed by atoms with Gasteiger partial charge in [-0.25, -0.2) is 36.6 Å². The first-order valence-electron chi connectivity index (χ1n) is 13.0. The van der Waals surface area contributed by atoms with Crippen LogP contribution in [0.2, 0.25) is 0 Å². The highest BCUT2D eigenvalue weighted by Crippen LogP contribution is 2.38. The highest BCUT2D eigenvalue weighted by molar-refractivity contribution is 7.89. The third kappa shape index (κ3) is 5.36. The Kier molecular flexibility index (Phi) is 6.87. The van der Waals surface area contributed by atoms with E-state index in [1.807, 2.05) is 23.3 Å². The summed E-state index contributed by atoms with van der Waals surface area (Å²) in [7, 11) is -3.81. The van der Waals surface area contributed by atoms with E-state index < -0.39 is 21.9 Å². The first kappa shape index (κ1) is 26.5. The number of fused-ring (bicyclic) bond motifs is 1. The molecule has 1 saturated heterocycles. The first-order valence-corrected chi connectivity index (χ1v) is 14.9. The molecule has 2 fully saturated rings. The Morgan fingerprint density at radius 2 is 1.92 bits per heavy atom. The van der Waals surface area contributed by atoms with Gasteiger partial charge in [0.1, 0.15) is 11.5 Å². The number of hydrogen-bond acceptors (Lipinski definition) is 7. The van der Waals surface area contributed by atoms with Crippen LogP contribution >= 0.6 is 0 Å². The number of alkyl halides is 2. The van der Waals surface area contributed by atoms with E-state index in [2.05, 4.69) is 9.97 Å². The molecule has 0 bridgehead atoms. The van der Waals surface area contributed by atoms with Gasteiger partial charge in [0.15, 0.2) is 5.65 Å². The number of nitrogens with one attached hydrogen (secondary N) is 1. The van der Waals surface area contributed by atoms with Gasteiger partial charge >= 0.3 is 0 Å². The van der Waals surface area contributed by atoms with Crippen molar-refractivity contribution in [1.82, 2.24) is 24.5 Å². The van der Waals surface area contributed by atoms with Crippen molar-refractivity contribution in [2.75, 3.05) is 24.2 Å². The minimum absolute atomic E-state index is 0.0477. The average Bonchev–Trinajstić information content (AvgIpc) is 3.43. The number of anilines is 1. The molecular formula is C26H32F2N6O3S. The monoisotopic (exact) mass is 546 g/mol. The standard InChI is InChI=1S/C26H32F2N6O3S/c1-16(2)23-22-19(17-9-10-21(29-14-17)33-12-11-26(27,28)15-33)13-20(25(35)32-38(3,36)37)30-24(22)34(31-23)18-7-5-4-6-8-18/h9-10,13-14,16,18H,4-8,11-12,15H2,1-3H3,(H,32,35). The number of aromatic nitrogens is 4. The SMILES string of the molecule is CC(C)c1nn(C2CCCCC2)c2nc(C(=O)NS(C)(=O)=O)cc(-c3ccc(N4CCC(F)(F)C4)nc3)c12. The van der Waals surface area contributed by atoms with Gasteiger partial charge in [-0.1, -0.05) is 33.1 Å². The van der Waals surface area contributed by atoms with E-state index in [1.54, 1.807) is 29.3 Å². The van der Waals surface area contributed by atoms with Crippen LogP contribution in [0.25, 0.3) is 22.2 Å². The molecule has 2 aliphatic rings. The van der Waals surface area contributed by atoms with Gasteiger partial charge in [0, 0.05) is 24.7 Å². The quantitative estimate of drug-likeness (QED) is 0.479. The average molecular weight is 547 g/mol. The van der Waals surface area contributed by atoms with Crippen LogP contribution in [0.5, 0.6) is 0 Å². The van der Waals surface area contributed by atoms with Crippen molar-refractivity contribution in [3.05, 3.63) is 35.8 Å². The van der Waals surface area contributed by atoms with E-state index in [-0.39, 0.29) is 37.2 Å². The number of amides is 1. The molecule has 1 aliphatic heterocycles. The first-order chi connectivity index (χ1) is 17.9. The number of hydrogen-bond donors (Lipinski definition) is 1. The van der Waals surface area contributed by atoms with Crippen LogP contribution in [0.4, 0.5) is 14.6 Å². The molecule has 0 radical (unpaired) electrons. The third-order valence-corrected chi connectivity index (χ3v) is 7.78. The normalized spacial score (nSPS) is 18.4. The molecular weight excluding hydrogens is 514 g/mol. The Hall–Kier alpha value is -3.15. The Balaban J connectivity index is 1.66. The second-order valence-electron chi connectivity index (χ2n) is 10.7. The third-order valence-electron chi connectivity index (χ3n) is 7.22. The lowest BCUT2D eigenvalue weighted by Gasteiger charge is -2.22. The fraction of sp³-hybridized carbons (Fsp3) is 0.538. The molecule has 1 saturated carbocycles. The molecule has 5 rings (SSSR count). The summed E-state index contributed by atoms with van der Waals surface area (Å²) in [6.07, 6.45) is 7.51. The molecule has 1 aliphatic carbocycles. The predicted octanol–water partition coefficient (Wildman–Crippen LogP) is 4.66. The van der Waals surface area contributed by atoms with Crippen molar-refractivity contribution in [3.8, 4) is 11.1 Å². The smallest absolute Gasteiger partial charge is 0.283 e. The summed E-state index contributed by atoms with van der Waals surface area (Å²) < 4.78 is 55.0. The van der Waals surface area contributed by atoms with Gasteiger partial charge in [-0.2, -0.15) is 5.10 Å². The minimum Gasteiger partial charge on any atom is -0.350 e. The van der Waals surface area contributed by atoms with Crippen molar-refractivity contribution in [2.45, 2.75) is 70.3 Å². The molecule has 0 aromatic carbocycles. The summed E-state index contributed by atoms with van der Waals surface area (Å²) in [6.45, 7) is 3.92. The van der Waals surface area contributed by atoms with E-state index >= 15 is 0 Å². The number of carbonyl (C=O) groups excluding carboxylic acids is 1. The summed E-state index contributed by atoms with van der Waals surface area (Å²) in [5.41, 5.74) is 2.61. The Morgan fingerprint density at radius 3 is 2.50 bits per heavy atom. The largest absolute Gasteiger partial charge is 0.350 e. The van der Waals surface area contributed by atoms with E-state index in [0.717, 1.165) is 49.4 Å². The maximum atomic E-state index is 13.7. The lowest BCUT2D eigenvalue weighted by molar-refractivity contribution is 0.0256. The maximum Gasteiger partial charge on any atom is 0.283 e. The van der Waals surface area contributed by atoms with Gasteiger partial charge < -0.3 is 4.90 Å². The Bertz CT molecular complexity index is 1460. The molecule has 1 N–H and O–H groups in total. The van der Waals surface area contributed by atoms with Gasteiger partial charge in [-0.05, 0) is 42.5 Å². The van der Waals surface area contributed by atoms with Crippen LogP contribution < -0.4 is 9.62 Å². The second kappa shape index (κ2) is 9.87. The number of carbonyl (C=O) groups is 1. The fourth-order valence-electron chi connectivity index (χ4n) is 5.38. The predicted molar refractivity (Wildman–Crippen MR) is 141 cm³/mol. The van der Waals surface area contributed by atoms with Crippen LogP contribution in [0.15, 0.2) is 24.4 Å². The molecule has 3 aromatic heterocycles. The van der Waals surface area contributed by atoms with Crippen LogP contribution in [-0.2, 0) is 10.0 Å². The Labute approximate surface area is 220 Å². The van der Waals surface area contributed by atoms with E-state index in [4.69, 9.17) is 5.10 Å². The highest BCUT2D eigenvalue weighted by Gasteiger charge is 2.38. The number of nitrogens with zero attached hydrogens (tertiary/aromatic N) is 5. The lowest BCUT2D eigenvalue weighted by Crippen LogP contribution is -2.30. The molecule has 9 nitrogen and oxygen atoms in total. The summed E-state index contributed by atoms with van der Waals surface area (Å²) in [5, 5.41) is 5.74. The lowest BCUT2D eigenvalue weighted by atomic mass is 9.95. The summed E-state index contributed by atoms with van der Waals surface area (Å²) in [6, 6.07) is 5.17. The van der Waals surface area contributed by atoms with E-state index in [0.29, 0.717) is 22.6 Å². The molecule has 0 spiro atoms. The van der Waals surface area contributed by atoms with Gasteiger partial charge in [-0.15, -0.1) is 0 Å². The fourth-order valence-corrected chi connectivity index (χ4v) is 5.82.